The topological polar surface area (TPSA) is 29.5 Å². The van der Waals surface area contributed by atoms with Crippen LogP contribution in [-0.4, -0.2) is 40.9 Å². The molecule has 0 N–H and O–H groups in total. The van der Waals surface area contributed by atoms with Crippen LogP contribution < -0.4 is 0 Å². The van der Waals surface area contributed by atoms with Crippen molar-refractivity contribution >= 4 is 21.8 Å². The molecule has 76 valence electrons. The van der Waals surface area contributed by atoms with E-state index >= 15 is 0 Å². The van der Waals surface area contributed by atoms with Gasteiger partial charge in [-0.05, 0) is 13.8 Å². The van der Waals surface area contributed by atoms with E-state index in [1.54, 1.807) is 6.92 Å². The van der Waals surface area contributed by atoms with Crippen LogP contribution in [0.3, 0.4) is 0 Å². The van der Waals surface area contributed by atoms with Crippen LogP contribution in [0.1, 0.15) is 20.8 Å². The molecule has 1 aliphatic rings. The Hall–Kier alpha value is -0.0900. The molecule has 0 saturated carbocycles. The average molecular weight is 250 g/mol. The van der Waals surface area contributed by atoms with Crippen molar-refractivity contribution in [3.8, 4) is 0 Å². The Bertz CT molecular complexity index is 206. The van der Waals surface area contributed by atoms with Crippen LogP contribution in [0.25, 0.3) is 0 Å². The van der Waals surface area contributed by atoms with E-state index in [1.807, 2.05) is 18.7 Å². The van der Waals surface area contributed by atoms with Crippen molar-refractivity contribution in [2.45, 2.75) is 32.5 Å². The normalized spacial score (nSPS) is 27.4. The summed E-state index contributed by atoms with van der Waals surface area (Å²) in [5, 5.41) is 0.778. The number of carbonyl (C=O) groups is 1. The van der Waals surface area contributed by atoms with Gasteiger partial charge in [-0.2, -0.15) is 0 Å². The molecule has 1 unspecified atom stereocenters. The SMILES string of the molecule is CC(=O)N1CC(CBr)OC(C)(C)C1. The Balaban J connectivity index is 2.65. The molecule has 4 heteroatoms. The molecule has 13 heavy (non-hydrogen) atoms. The second kappa shape index (κ2) is 3.96. The van der Waals surface area contributed by atoms with E-state index in [0.29, 0.717) is 13.1 Å². The van der Waals surface area contributed by atoms with Gasteiger partial charge in [0.05, 0.1) is 11.7 Å². The van der Waals surface area contributed by atoms with Gasteiger partial charge in [-0.15, -0.1) is 0 Å². The van der Waals surface area contributed by atoms with Crippen LogP contribution in [0, 0.1) is 0 Å². The summed E-state index contributed by atoms with van der Waals surface area (Å²) in [4.78, 5) is 13.0. The Morgan fingerprint density at radius 3 is 2.77 bits per heavy atom. The van der Waals surface area contributed by atoms with E-state index in [4.69, 9.17) is 4.74 Å². The van der Waals surface area contributed by atoms with E-state index in [0.717, 1.165) is 5.33 Å². The van der Waals surface area contributed by atoms with Gasteiger partial charge in [-0.3, -0.25) is 4.79 Å². The van der Waals surface area contributed by atoms with E-state index in [2.05, 4.69) is 15.9 Å². The summed E-state index contributed by atoms with van der Waals surface area (Å²) in [5.41, 5.74) is -0.220. The number of nitrogens with zero attached hydrogens (tertiary/aromatic N) is 1. The van der Waals surface area contributed by atoms with Gasteiger partial charge in [0, 0.05) is 25.3 Å². The van der Waals surface area contributed by atoms with Crippen LogP contribution in [0.5, 0.6) is 0 Å². The van der Waals surface area contributed by atoms with Crippen molar-refractivity contribution in [2.24, 2.45) is 0 Å². The molecule has 3 nitrogen and oxygen atoms in total. The van der Waals surface area contributed by atoms with Crippen LogP contribution in [0.2, 0.25) is 0 Å². The fourth-order valence-corrected chi connectivity index (χ4v) is 1.95. The van der Waals surface area contributed by atoms with Gasteiger partial charge >= 0.3 is 0 Å². The lowest BCUT2D eigenvalue weighted by Crippen LogP contribution is -2.54. The van der Waals surface area contributed by atoms with Crippen LogP contribution in [-0.2, 0) is 9.53 Å². The summed E-state index contributed by atoms with van der Waals surface area (Å²) < 4.78 is 5.76. The van der Waals surface area contributed by atoms with Crippen molar-refractivity contribution in [2.75, 3.05) is 18.4 Å². The Kier molecular flexibility index (Phi) is 3.35. The number of hydrogen-bond donors (Lipinski definition) is 0. The standard InChI is InChI=1S/C9H16BrNO2/c1-7(12)11-5-8(4-10)13-9(2,3)6-11/h8H,4-6H2,1-3H3. The lowest BCUT2D eigenvalue weighted by molar-refractivity contribution is -0.155. The summed E-state index contributed by atoms with van der Waals surface area (Å²) in [6.45, 7) is 7.01. The number of carbonyl (C=O) groups excluding carboxylic acids is 1. The summed E-state index contributed by atoms with van der Waals surface area (Å²) >= 11 is 3.38. The lowest BCUT2D eigenvalue weighted by Gasteiger charge is -2.42. The van der Waals surface area contributed by atoms with Crippen LogP contribution >= 0.6 is 15.9 Å². The number of amides is 1. The largest absolute Gasteiger partial charge is 0.368 e. The number of ether oxygens (including phenoxy) is 1. The Labute approximate surface area is 87.6 Å². The molecule has 0 spiro atoms. The highest BCUT2D eigenvalue weighted by atomic mass is 79.9. The molecule has 1 amide bonds. The maximum Gasteiger partial charge on any atom is 0.219 e. The first kappa shape index (κ1) is 11.0. The predicted octanol–water partition coefficient (Wildman–Crippen LogP) is 1.41. The smallest absolute Gasteiger partial charge is 0.219 e. The molecule has 0 radical (unpaired) electrons. The molecule has 1 aliphatic heterocycles. The third-order valence-corrected chi connectivity index (χ3v) is 2.82. The minimum atomic E-state index is -0.220. The van der Waals surface area contributed by atoms with E-state index < -0.39 is 0 Å². The summed E-state index contributed by atoms with van der Waals surface area (Å²) in [6, 6.07) is 0. The van der Waals surface area contributed by atoms with Crippen molar-refractivity contribution in [3.63, 3.8) is 0 Å². The first-order valence-corrected chi connectivity index (χ1v) is 5.56. The average Bonchev–Trinajstić information content (AvgIpc) is 2.01. The summed E-state index contributed by atoms with van der Waals surface area (Å²) in [5.74, 6) is 0.127. The maximum atomic E-state index is 11.2. The number of halogens is 1. The van der Waals surface area contributed by atoms with Crippen molar-refractivity contribution in [1.82, 2.24) is 4.90 Å². The van der Waals surface area contributed by atoms with Gasteiger partial charge in [0.1, 0.15) is 0 Å². The molecule has 1 heterocycles. The molecule has 1 rings (SSSR count). The maximum absolute atomic E-state index is 11.2. The van der Waals surface area contributed by atoms with Crippen LogP contribution in [0.4, 0.5) is 0 Å². The minimum Gasteiger partial charge on any atom is -0.368 e. The van der Waals surface area contributed by atoms with Crippen molar-refractivity contribution < 1.29 is 9.53 Å². The van der Waals surface area contributed by atoms with Gasteiger partial charge in [-0.1, -0.05) is 15.9 Å². The number of hydrogen-bond acceptors (Lipinski definition) is 2. The Morgan fingerprint density at radius 2 is 2.31 bits per heavy atom. The monoisotopic (exact) mass is 249 g/mol. The summed E-state index contributed by atoms with van der Waals surface area (Å²) in [7, 11) is 0. The van der Waals surface area contributed by atoms with Gasteiger partial charge in [0.15, 0.2) is 0 Å². The molecule has 0 aromatic rings. The van der Waals surface area contributed by atoms with Crippen molar-refractivity contribution in [3.05, 3.63) is 0 Å². The first-order chi connectivity index (χ1) is 5.94. The minimum absolute atomic E-state index is 0.118. The third kappa shape index (κ3) is 2.95. The molecular weight excluding hydrogens is 234 g/mol. The molecule has 1 atom stereocenters. The fourth-order valence-electron chi connectivity index (χ4n) is 1.62. The predicted molar refractivity (Wildman–Crippen MR) is 55.0 cm³/mol. The van der Waals surface area contributed by atoms with E-state index in [1.165, 1.54) is 0 Å². The van der Waals surface area contributed by atoms with E-state index in [-0.39, 0.29) is 17.6 Å². The van der Waals surface area contributed by atoms with E-state index in [9.17, 15) is 4.79 Å². The third-order valence-electron chi connectivity index (χ3n) is 2.10. The lowest BCUT2D eigenvalue weighted by atomic mass is 10.1. The number of alkyl halides is 1. The zero-order chi connectivity index (χ0) is 10.1. The molecule has 1 saturated heterocycles. The zero-order valence-corrected chi connectivity index (χ0v) is 9.93. The van der Waals surface area contributed by atoms with Gasteiger partial charge < -0.3 is 9.64 Å². The quantitative estimate of drug-likeness (QED) is 0.658. The second-order valence-electron chi connectivity index (χ2n) is 4.05. The molecule has 0 bridgehead atoms. The Morgan fingerprint density at radius 1 is 1.69 bits per heavy atom. The molecule has 1 fully saturated rings. The number of morpholine rings is 1. The van der Waals surface area contributed by atoms with Gasteiger partial charge in [0.25, 0.3) is 0 Å². The summed E-state index contributed by atoms with van der Waals surface area (Å²) in [6.07, 6.45) is 0.118. The van der Waals surface area contributed by atoms with Crippen molar-refractivity contribution in [1.29, 1.82) is 0 Å². The molecular formula is C9H16BrNO2. The highest BCUT2D eigenvalue weighted by molar-refractivity contribution is 9.09. The molecule has 0 aromatic heterocycles. The second-order valence-corrected chi connectivity index (χ2v) is 4.70. The number of rotatable bonds is 1. The highest BCUT2D eigenvalue weighted by Gasteiger charge is 2.33. The highest BCUT2D eigenvalue weighted by Crippen LogP contribution is 2.21. The van der Waals surface area contributed by atoms with Gasteiger partial charge in [0.2, 0.25) is 5.91 Å². The molecule has 0 aliphatic carbocycles. The zero-order valence-electron chi connectivity index (χ0n) is 8.34. The van der Waals surface area contributed by atoms with Gasteiger partial charge in [-0.25, -0.2) is 0 Å². The van der Waals surface area contributed by atoms with Crippen LogP contribution in [0.15, 0.2) is 0 Å². The fraction of sp³-hybridized carbons (Fsp3) is 0.889. The first-order valence-electron chi connectivity index (χ1n) is 4.44. The molecule has 0 aromatic carbocycles.